The molecule has 0 spiro atoms. The van der Waals surface area contributed by atoms with Crippen molar-refractivity contribution in [3.05, 3.63) is 12.4 Å². The van der Waals surface area contributed by atoms with Gasteiger partial charge < -0.3 is 5.32 Å². The Balaban J connectivity index is 3.55. The highest BCUT2D eigenvalue weighted by Crippen LogP contribution is 1.71. The molecule has 0 atom stereocenters. The van der Waals surface area contributed by atoms with E-state index in [1.54, 1.807) is 6.20 Å². The molecule has 10 heavy (non-hydrogen) atoms. The van der Waals surface area contributed by atoms with E-state index >= 15 is 0 Å². The van der Waals surface area contributed by atoms with Crippen LogP contribution in [0.5, 0.6) is 0 Å². The average molecular weight is 164 g/mol. The third-order valence-corrected chi connectivity index (χ3v) is 1.25. The summed E-state index contributed by atoms with van der Waals surface area (Å²) in [4.78, 5) is 0. The standard InChI is InChI=1S/C5H12N2O2S/c1-3-6-4-5-7-10(2,8)9/h4-7H,3H2,1-2H3/b5-4-. The fourth-order valence-corrected chi connectivity index (χ4v) is 0.650. The first-order valence-electron chi connectivity index (χ1n) is 2.92. The summed E-state index contributed by atoms with van der Waals surface area (Å²) >= 11 is 0. The number of nitrogens with one attached hydrogen (secondary N) is 2. The topological polar surface area (TPSA) is 58.2 Å². The molecule has 0 bridgehead atoms. The number of sulfonamides is 1. The van der Waals surface area contributed by atoms with Crippen LogP contribution in [-0.4, -0.2) is 21.2 Å². The van der Waals surface area contributed by atoms with Crippen molar-refractivity contribution in [2.24, 2.45) is 0 Å². The minimum Gasteiger partial charge on any atom is -0.390 e. The molecule has 0 aromatic rings. The second kappa shape index (κ2) is 4.16. The van der Waals surface area contributed by atoms with Gasteiger partial charge in [0, 0.05) is 18.9 Å². The van der Waals surface area contributed by atoms with Crippen LogP contribution in [0.25, 0.3) is 0 Å². The molecular weight excluding hydrogens is 152 g/mol. The molecule has 0 saturated heterocycles. The molecule has 0 rings (SSSR count). The highest BCUT2D eigenvalue weighted by Gasteiger charge is 1.91. The zero-order valence-electron chi connectivity index (χ0n) is 6.09. The van der Waals surface area contributed by atoms with Crippen molar-refractivity contribution >= 4 is 10.0 Å². The van der Waals surface area contributed by atoms with Crippen LogP contribution in [0.15, 0.2) is 12.4 Å². The van der Waals surface area contributed by atoms with Crippen molar-refractivity contribution < 1.29 is 8.42 Å². The molecule has 0 fully saturated rings. The monoisotopic (exact) mass is 164 g/mol. The van der Waals surface area contributed by atoms with E-state index in [2.05, 4.69) is 10.0 Å². The van der Waals surface area contributed by atoms with Crippen LogP contribution < -0.4 is 10.0 Å². The van der Waals surface area contributed by atoms with E-state index in [0.717, 1.165) is 12.8 Å². The van der Waals surface area contributed by atoms with E-state index in [1.807, 2.05) is 6.92 Å². The average Bonchev–Trinajstić information content (AvgIpc) is 1.78. The summed E-state index contributed by atoms with van der Waals surface area (Å²) in [5.41, 5.74) is 0. The molecule has 0 aliphatic rings. The third kappa shape index (κ3) is 7.29. The van der Waals surface area contributed by atoms with Crippen LogP contribution in [-0.2, 0) is 10.0 Å². The first-order valence-corrected chi connectivity index (χ1v) is 4.81. The maximum Gasteiger partial charge on any atom is 0.229 e. The summed E-state index contributed by atoms with van der Waals surface area (Å²) in [5, 5.41) is 2.81. The molecule has 2 N–H and O–H groups in total. The Morgan fingerprint density at radius 3 is 2.40 bits per heavy atom. The minimum atomic E-state index is -3.08. The smallest absolute Gasteiger partial charge is 0.229 e. The minimum absolute atomic E-state index is 0.780. The highest BCUT2D eigenvalue weighted by atomic mass is 32.2. The van der Waals surface area contributed by atoms with Crippen LogP contribution in [0, 0.1) is 0 Å². The van der Waals surface area contributed by atoms with Crippen LogP contribution in [0.1, 0.15) is 6.92 Å². The van der Waals surface area contributed by atoms with Crippen molar-refractivity contribution in [3.8, 4) is 0 Å². The van der Waals surface area contributed by atoms with Crippen molar-refractivity contribution in [2.75, 3.05) is 12.8 Å². The van der Waals surface area contributed by atoms with E-state index in [-0.39, 0.29) is 0 Å². The van der Waals surface area contributed by atoms with Gasteiger partial charge in [0.2, 0.25) is 10.0 Å². The van der Waals surface area contributed by atoms with Crippen LogP contribution >= 0.6 is 0 Å². The van der Waals surface area contributed by atoms with Gasteiger partial charge in [-0.2, -0.15) is 0 Å². The second-order valence-electron chi connectivity index (χ2n) is 1.78. The Labute approximate surface area is 61.4 Å². The summed E-state index contributed by atoms with van der Waals surface area (Å²) in [7, 11) is -3.08. The molecule has 0 saturated carbocycles. The maximum atomic E-state index is 10.4. The first-order chi connectivity index (χ1) is 4.56. The first kappa shape index (κ1) is 9.29. The van der Waals surface area contributed by atoms with Crippen molar-refractivity contribution in [1.82, 2.24) is 10.0 Å². The second-order valence-corrected chi connectivity index (χ2v) is 3.56. The zero-order chi connectivity index (χ0) is 8.04. The molecule has 60 valence electrons. The third-order valence-electron chi connectivity index (χ3n) is 0.687. The summed E-state index contributed by atoms with van der Waals surface area (Å²) in [5.74, 6) is 0. The van der Waals surface area contributed by atoms with Gasteiger partial charge >= 0.3 is 0 Å². The Morgan fingerprint density at radius 1 is 1.40 bits per heavy atom. The molecule has 0 aliphatic heterocycles. The summed E-state index contributed by atoms with van der Waals surface area (Å²) in [6.45, 7) is 2.70. The Hall–Kier alpha value is -0.710. The largest absolute Gasteiger partial charge is 0.390 e. The lowest BCUT2D eigenvalue weighted by Crippen LogP contribution is -2.16. The SMILES string of the molecule is CCN/C=C\NS(C)(=O)=O. The normalized spacial score (nSPS) is 11.8. The lowest BCUT2D eigenvalue weighted by Gasteiger charge is -1.94. The summed E-state index contributed by atoms with van der Waals surface area (Å²) in [6.07, 6.45) is 3.99. The van der Waals surface area contributed by atoms with Gasteiger partial charge in [-0.1, -0.05) is 0 Å². The fraction of sp³-hybridized carbons (Fsp3) is 0.600. The predicted octanol–water partition coefficient (Wildman–Crippen LogP) is -0.384. The molecule has 0 aliphatic carbocycles. The number of hydrogen-bond acceptors (Lipinski definition) is 3. The van der Waals surface area contributed by atoms with Crippen LogP contribution in [0.4, 0.5) is 0 Å². The van der Waals surface area contributed by atoms with Crippen LogP contribution in [0.3, 0.4) is 0 Å². The molecule has 5 heteroatoms. The van der Waals surface area contributed by atoms with Crippen molar-refractivity contribution in [1.29, 1.82) is 0 Å². The van der Waals surface area contributed by atoms with Gasteiger partial charge in [0.15, 0.2) is 0 Å². The molecule has 0 aromatic carbocycles. The molecule has 0 heterocycles. The molecule has 0 amide bonds. The van der Waals surface area contributed by atoms with Gasteiger partial charge in [0.25, 0.3) is 0 Å². The van der Waals surface area contributed by atoms with Gasteiger partial charge in [0.1, 0.15) is 0 Å². The Kier molecular flexibility index (Phi) is 3.87. The molecule has 4 nitrogen and oxygen atoms in total. The lowest BCUT2D eigenvalue weighted by atomic mass is 10.7. The van der Waals surface area contributed by atoms with E-state index in [0.29, 0.717) is 0 Å². The van der Waals surface area contributed by atoms with E-state index in [1.165, 1.54) is 6.20 Å². The molecule has 0 aromatic heterocycles. The quantitative estimate of drug-likeness (QED) is 0.595. The predicted molar refractivity (Wildman–Crippen MR) is 40.8 cm³/mol. The van der Waals surface area contributed by atoms with Gasteiger partial charge in [0.05, 0.1) is 6.26 Å². The molecular formula is C5H12N2O2S. The Morgan fingerprint density at radius 2 is 2.00 bits per heavy atom. The van der Waals surface area contributed by atoms with Crippen molar-refractivity contribution in [2.45, 2.75) is 6.92 Å². The maximum absolute atomic E-state index is 10.4. The van der Waals surface area contributed by atoms with Gasteiger partial charge in [-0.05, 0) is 6.92 Å². The zero-order valence-corrected chi connectivity index (χ0v) is 6.90. The molecule has 0 unspecified atom stereocenters. The van der Waals surface area contributed by atoms with Crippen LogP contribution in [0.2, 0.25) is 0 Å². The van der Waals surface area contributed by atoms with E-state index in [9.17, 15) is 8.42 Å². The summed E-state index contributed by atoms with van der Waals surface area (Å²) in [6, 6.07) is 0. The van der Waals surface area contributed by atoms with Gasteiger partial charge in [-0.15, -0.1) is 0 Å². The van der Waals surface area contributed by atoms with Gasteiger partial charge in [-0.25, -0.2) is 8.42 Å². The fourth-order valence-electron chi connectivity index (χ4n) is 0.334. The number of hydrogen-bond donors (Lipinski definition) is 2. The summed E-state index contributed by atoms with van der Waals surface area (Å²) < 4.78 is 23.0. The lowest BCUT2D eigenvalue weighted by molar-refractivity contribution is 0.596. The van der Waals surface area contributed by atoms with Crippen molar-refractivity contribution in [3.63, 3.8) is 0 Å². The van der Waals surface area contributed by atoms with Gasteiger partial charge in [-0.3, -0.25) is 4.72 Å². The Bertz CT molecular complexity index is 196. The van der Waals surface area contributed by atoms with E-state index < -0.39 is 10.0 Å². The number of rotatable bonds is 4. The molecule has 0 radical (unpaired) electrons. The van der Waals surface area contributed by atoms with E-state index in [4.69, 9.17) is 0 Å². The highest BCUT2D eigenvalue weighted by molar-refractivity contribution is 7.88.